The van der Waals surface area contributed by atoms with Crippen molar-refractivity contribution in [1.29, 1.82) is 0 Å². The van der Waals surface area contributed by atoms with Gasteiger partial charge in [-0.1, -0.05) is 28.9 Å². The van der Waals surface area contributed by atoms with E-state index in [4.69, 9.17) is 33.1 Å². The molecule has 0 aliphatic carbocycles. The Hall–Kier alpha value is -3.36. The molecule has 9 heteroatoms. The first-order valence-corrected chi connectivity index (χ1v) is 10.6. The predicted octanol–water partition coefficient (Wildman–Crippen LogP) is 4.99. The van der Waals surface area contributed by atoms with Gasteiger partial charge in [-0.2, -0.15) is 0 Å². The molecule has 2 N–H and O–H groups in total. The van der Waals surface area contributed by atoms with Gasteiger partial charge in [0.05, 0.1) is 18.7 Å². The lowest BCUT2D eigenvalue weighted by molar-refractivity contribution is -0.113. The van der Waals surface area contributed by atoms with Crippen LogP contribution in [0.3, 0.4) is 0 Å². The van der Waals surface area contributed by atoms with Crippen LogP contribution in [-0.4, -0.2) is 23.3 Å². The molecule has 2 heterocycles. The van der Waals surface area contributed by atoms with Crippen LogP contribution in [0.5, 0.6) is 5.75 Å². The Balaban J connectivity index is 1.78. The molecule has 0 bridgehead atoms. The molecular formula is C23H21ClN4O3S. The molecule has 4 rings (SSSR count). The molecule has 7 nitrogen and oxygen atoms in total. The number of nitrogens with one attached hydrogen (secondary N) is 2. The maximum Gasteiger partial charge on any atom is 0.257 e. The minimum Gasteiger partial charge on any atom is -0.497 e. The number of rotatable bonds is 5. The zero-order valence-electron chi connectivity index (χ0n) is 17.7. The van der Waals surface area contributed by atoms with Crippen molar-refractivity contribution in [2.45, 2.75) is 19.9 Å². The van der Waals surface area contributed by atoms with E-state index in [1.165, 1.54) is 0 Å². The van der Waals surface area contributed by atoms with Crippen LogP contribution in [0.15, 0.2) is 70.4 Å². The van der Waals surface area contributed by atoms with Crippen molar-refractivity contribution in [3.8, 4) is 5.75 Å². The van der Waals surface area contributed by atoms with Gasteiger partial charge >= 0.3 is 0 Å². The fraction of sp³-hybridized carbons (Fsp3) is 0.174. The molecule has 0 saturated carbocycles. The van der Waals surface area contributed by atoms with Gasteiger partial charge in [0.2, 0.25) is 0 Å². The lowest BCUT2D eigenvalue weighted by Gasteiger charge is -2.38. The number of allylic oxidation sites excluding steroid dienone is 1. The van der Waals surface area contributed by atoms with E-state index in [2.05, 4.69) is 15.8 Å². The van der Waals surface area contributed by atoms with Gasteiger partial charge in [-0.3, -0.25) is 9.69 Å². The number of carbonyl (C=O) groups is 1. The highest BCUT2D eigenvalue weighted by molar-refractivity contribution is 7.80. The zero-order valence-corrected chi connectivity index (χ0v) is 19.3. The summed E-state index contributed by atoms with van der Waals surface area (Å²) in [4.78, 5) is 15.2. The molecule has 164 valence electrons. The van der Waals surface area contributed by atoms with Crippen LogP contribution >= 0.6 is 23.8 Å². The highest BCUT2D eigenvalue weighted by Crippen LogP contribution is 2.35. The molecule has 1 atom stereocenters. The quantitative estimate of drug-likeness (QED) is 0.510. The molecular weight excluding hydrogens is 448 g/mol. The molecule has 0 saturated heterocycles. The number of anilines is 2. The van der Waals surface area contributed by atoms with Crippen LogP contribution in [0.2, 0.25) is 5.02 Å². The number of halogens is 1. The van der Waals surface area contributed by atoms with E-state index >= 15 is 0 Å². The standard InChI is InChI=1S/C23H21ClN4O3S/c1-13-12-19(27-31-13)25-22(29)20-14(2)28(17-8-10-18(30-3)11-9-17)23(32)26-21(20)15-4-6-16(24)7-5-15/h4-12,21H,1-3H3,(H,26,32)(H,25,27,29)/t21-/m0/s1. The van der Waals surface area contributed by atoms with Crippen molar-refractivity contribution in [1.82, 2.24) is 10.5 Å². The molecule has 1 aliphatic heterocycles. The third-order valence-electron chi connectivity index (χ3n) is 5.13. The SMILES string of the molecule is COc1ccc(N2C(=S)N[C@@H](c3ccc(Cl)cc3)C(C(=O)Nc3cc(C)on3)=C2C)cc1. The minimum absolute atomic E-state index is 0.315. The Morgan fingerprint density at radius 1 is 1.19 bits per heavy atom. The number of aryl methyl sites for hydroxylation is 1. The number of methoxy groups -OCH3 is 1. The monoisotopic (exact) mass is 468 g/mol. The molecule has 2 aromatic carbocycles. The van der Waals surface area contributed by atoms with Crippen molar-refractivity contribution in [2.24, 2.45) is 0 Å². The van der Waals surface area contributed by atoms with E-state index < -0.39 is 6.04 Å². The molecule has 1 aliphatic rings. The van der Waals surface area contributed by atoms with Gasteiger partial charge < -0.3 is 19.9 Å². The smallest absolute Gasteiger partial charge is 0.257 e. The van der Waals surface area contributed by atoms with E-state index in [-0.39, 0.29) is 5.91 Å². The zero-order chi connectivity index (χ0) is 22.8. The number of ether oxygens (including phenoxy) is 1. The largest absolute Gasteiger partial charge is 0.497 e. The highest BCUT2D eigenvalue weighted by atomic mass is 35.5. The number of hydrogen-bond acceptors (Lipinski definition) is 5. The van der Waals surface area contributed by atoms with Gasteiger partial charge in [0, 0.05) is 22.5 Å². The Labute approximate surface area is 196 Å². The van der Waals surface area contributed by atoms with E-state index in [9.17, 15) is 4.79 Å². The van der Waals surface area contributed by atoms with E-state index in [0.717, 1.165) is 17.0 Å². The number of amides is 1. The summed E-state index contributed by atoms with van der Waals surface area (Å²) < 4.78 is 10.3. The fourth-order valence-electron chi connectivity index (χ4n) is 3.59. The van der Waals surface area contributed by atoms with Crippen LogP contribution in [0.1, 0.15) is 24.3 Å². The summed E-state index contributed by atoms with van der Waals surface area (Å²) in [5.41, 5.74) is 2.85. The lowest BCUT2D eigenvalue weighted by atomic mass is 9.94. The first-order valence-electron chi connectivity index (χ1n) is 9.83. The number of thiocarbonyl (C=S) groups is 1. The average molecular weight is 469 g/mol. The molecule has 0 unspecified atom stereocenters. The predicted molar refractivity (Wildman–Crippen MR) is 128 cm³/mol. The molecule has 32 heavy (non-hydrogen) atoms. The molecule has 1 aromatic heterocycles. The van der Waals surface area contributed by atoms with Crippen LogP contribution in [-0.2, 0) is 4.79 Å². The topological polar surface area (TPSA) is 79.6 Å². The first kappa shape index (κ1) is 21.9. The van der Waals surface area contributed by atoms with E-state index in [0.29, 0.717) is 33.0 Å². The van der Waals surface area contributed by atoms with Crippen LogP contribution in [0.4, 0.5) is 11.5 Å². The lowest BCUT2D eigenvalue weighted by Crippen LogP contribution is -2.48. The molecule has 3 aromatic rings. The van der Waals surface area contributed by atoms with E-state index in [1.807, 2.05) is 48.2 Å². The highest BCUT2D eigenvalue weighted by Gasteiger charge is 2.35. The molecule has 1 amide bonds. The van der Waals surface area contributed by atoms with Gasteiger partial charge in [-0.05, 0) is 68.0 Å². The average Bonchev–Trinajstić information content (AvgIpc) is 3.18. The van der Waals surface area contributed by atoms with Crippen LogP contribution < -0.4 is 20.3 Å². The summed E-state index contributed by atoms with van der Waals surface area (Å²) in [6.07, 6.45) is 0. The van der Waals surface area contributed by atoms with Crippen molar-refractivity contribution in [2.75, 3.05) is 17.3 Å². The van der Waals surface area contributed by atoms with Gasteiger partial charge in [0.25, 0.3) is 5.91 Å². The van der Waals surface area contributed by atoms with Gasteiger partial charge in [0.1, 0.15) is 11.5 Å². The maximum absolute atomic E-state index is 13.4. The van der Waals surface area contributed by atoms with Gasteiger partial charge in [-0.25, -0.2) is 0 Å². The minimum atomic E-state index is -0.470. The third kappa shape index (κ3) is 4.32. The number of benzene rings is 2. The van der Waals surface area contributed by atoms with Crippen LogP contribution in [0.25, 0.3) is 0 Å². The summed E-state index contributed by atoms with van der Waals surface area (Å²) in [6.45, 7) is 3.62. The first-order chi connectivity index (χ1) is 15.4. The summed E-state index contributed by atoms with van der Waals surface area (Å²) in [6, 6.07) is 15.9. The van der Waals surface area contributed by atoms with Crippen molar-refractivity contribution in [3.63, 3.8) is 0 Å². The summed E-state index contributed by atoms with van der Waals surface area (Å²) in [5.74, 6) is 1.35. The molecule has 0 radical (unpaired) electrons. The Bertz CT molecular complexity index is 1190. The van der Waals surface area contributed by atoms with Crippen molar-refractivity contribution >= 4 is 46.3 Å². The van der Waals surface area contributed by atoms with Crippen molar-refractivity contribution in [3.05, 3.63) is 82.2 Å². The molecule has 0 fully saturated rings. The Morgan fingerprint density at radius 2 is 1.88 bits per heavy atom. The van der Waals surface area contributed by atoms with E-state index in [1.54, 1.807) is 32.2 Å². The summed E-state index contributed by atoms with van der Waals surface area (Å²) >= 11 is 11.8. The van der Waals surface area contributed by atoms with Crippen molar-refractivity contribution < 1.29 is 14.1 Å². The van der Waals surface area contributed by atoms with Gasteiger partial charge in [-0.15, -0.1) is 0 Å². The second kappa shape index (κ2) is 9.02. The number of aromatic nitrogens is 1. The van der Waals surface area contributed by atoms with Crippen LogP contribution in [0, 0.1) is 6.92 Å². The second-order valence-corrected chi connectivity index (χ2v) is 8.07. The number of carbonyl (C=O) groups excluding carboxylic acids is 1. The summed E-state index contributed by atoms with van der Waals surface area (Å²) in [5, 5.41) is 11.1. The normalized spacial score (nSPS) is 16.1. The second-order valence-electron chi connectivity index (χ2n) is 7.24. The Kier molecular flexibility index (Phi) is 6.16. The fourth-order valence-corrected chi connectivity index (χ4v) is 4.08. The Morgan fingerprint density at radius 3 is 2.47 bits per heavy atom. The number of nitrogens with zero attached hydrogens (tertiary/aromatic N) is 2. The molecule has 0 spiro atoms. The number of hydrogen-bond donors (Lipinski definition) is 2. The van der Waals surface area contributed by atoms with Gasteiger partial charge in [0.15, 0.2) is 10.9 Å². The third-order valence-corrected chi connectivity index (χ3v) is 5.69. The summed E-state index contributed by atoms with van der Waals surface area (Å²) in [7, 11) is 1.61. The maximum atomic E-state index is 13.4.